The molecule has 5 heteroatoms. The maximum atomic E-state index is 9.74. The zero-order valence-corrected chi connectivity index (χ0v) is 11.4. The minimum absolute atomic E-state index is 0.204. The van der Waals surface area contributed by atoms with E-state index in [1.807, 2.05) is 32.0 Å². The van der Waals surface area contributed by atoms with Crippen LogP contribution in [-0.4, -0.2) is 15.3 Å². The van der Waals surface area contributed by atoms with Crippen LogP contribution in [0.2, 0.25) is 0 Å². The highest BCUT2D eigenvalue weighted by Crippen LogP contribution is 2.26. The van der Waals surface area contributed by atoms with Crippen molar-refractivity contribution < 1.29 is 14.3 Å². The highest BCUT2D eigenvalue weighted by Gasteiger charge is 2.11. The van der Waals surface area contributed by atoms with E-state index < -0.39 is 6.10 Å². The predicted octanol–water partition coefficient (Wildman–Crippen LogP) is 2.57. The third-order valence-electron chi connectivity index (χ3n) is 2.78. The average molecular weight is 262 g/mol. The lowest BCUT2D eigenvalue weighted by molar-refractivity contribution is 0.186. The second-order valence-electron chi connectivity index (χ2n) is 4.45. The summed E-state index contributed by atoms with van der Waals surface area (Å²) in [6.45, 7) is 5.84. The standard InChI is InChI=1S/C14H18N2O3/c1-4-13-15-16-14(19-13)8-18-12-6-5-9(2)7-11(12)10(3)17/h5-7,10,17H,4,8H2,1-3H3. The van der Waals surface area contributed by atoms with Gasteiger partial charge in [-0.3, -0.25) is 0 Å². The molecule has 1 unspecified atom stereocenters. The summed E-state index contributed by atoms with van der Waals surface area (Å²) in [4.78, 5) is 0. The molecule has 0 saturated heterocycles. The van der Waals surface area contributed by atoms with Crippen LogP contribution in [0.5, 0.6) is 5.75 Å². The van der Waals surface area contributed by atoms with Gasteiger partial charge in [-0.25, -0.2) is 0 Å². The normalized spacial score (nSPS) is 12.4. The molecule has 0 aliphatic heterocycles. The molecule has 0 spiro atoms. The van der Waals surface area contributed by atoms with Crippen LogP contribution < -0.4 is 4.74 Å². The Bertz CT molecular complexity index is 549. The van der Waals surface area contributed by atoms with E-state index in [0.29, 0.717) is 24.0 Å². The van der Waals surface area contributed by atoms with Crippen LogP contribution in [0.25, 0.3) is 0 Å². The number of ether oxygens (including phenoxy) is 1. The molecular weight excluding hydrogens is 244 g/mol. The van der Waals surface area contributed by atoms with Crippen LogP contribution in [0.3, 0.4) is 0 Å². The number of rotatable bonds is 5. The van der Waals surface area contributed by atoms with Crippen LogP contribution in [0.15, 0.2) is 22.6 Å². The number of hydrogen-bond donors (Lipinski definition) is 1. The molecule has 1 aromatic carbocycles. The maximum absolute atomic E-state index is 9.74. The average Bonchev–Trinajstić information content (AvgIpc) is 2.85. The fraction of sp³-hybridized carbons (Fsp3) is 0.429. The van der Waals surface area contributed by atoms with Crippen molar-refractivity contribution in [2.75, 3.05) is 0 Å². The van der Waals surface area contributed by atoms with Gasteiger partial charge in [-0.05, 0) is 26.0 Å². The van der Waals surface area contributed by atoms with Crippen LogP contribution >= 0.6 is 0 Å². The van der Waals surface area contributed by atoms with Crippen LogP contribution in [-0.2, 0) is 13.0 Å². The molecule has 5 nitrogen and oxygen atoms in total. The van der Waals surface area contributed by atoms with Crippen molar-refractivity contribution in [1.29, 1.82) is 0 Å². The lowest BCUT2D eigenvalue weighted by Gasteiger charge is -2.13. The summed E-state index contributed by atoms with van der Waals surface area (Å²) >= 11 is 0. The largest absolute Gasteiger partial charge is 0.483 e. The maximum Gasteiger partial charge on any atom is 0.253 e. The summed E-state index contributed by atoms with van der Waals surface area (Å²) in [5.41, 5.74) is 1.84. The fourth-order valence-corrected chi connectivity index (χ4v) is 1.75. The Hall–Kier alpha value is -1.88. The topological polar surface area (TPSA) is 68.4 Å². The van der Waals surface area contributed by atoms with Gasteiger partial charge in [0.05, 0.1) is 6.10 Å². The first-order chi connectivity index (χ1) is 9.10. The molecule has 0 radical (unpaired) electrons. The predicted molar refractivity (Wildman–Crippen MR) is 69.8 cm³/mol. The quantitative estimate of drug-likeness (QED) is 0.896. The number of aryl methyl sites for hydroxylation is 2. The number of aliphatic hydroxyl groups excluding tert-OH is 1. The zero-order chi connectivity index (χ0) is 13.8. The summed E-state index contributed by atoms with van der Waals surface area (Å²) in [5, 5.41) is 17.5. The van der Waals surface area contributed by atoms with Crippen molar-refractivity contribution in [3.63, 3.8) is 0 Å². The first kappa shape index (κ1) is 13.5. The Labute approximate surface area is 112 Å². The van der Waals surface area contributed by atoms with Gasteiger partial charge < -0.3 is 14.3 Å². The lowest BCUT2D eigenvalue weighted by Crippen LogP contribution is -2.01. The second kappa shape index (κ2) is 5.84. The molecule has 1 heterocycles. The molecule has 19 heavy (non-hydrogen) atoms. The first-order valence-corrected chi connectivity index (χ1v) is 6.32. The Kier molecular flexibility index (Phi) is 4.16. The van der Waals surface area contributed by atoms with E-state index >= 15 is 0 Å². The van der Waals surface area contributed by atoms with Gasteiger partial charge in [0.1, 0.15) is 5.75 Å². The van der Waals surface area contributed by atoms with E-state index in [0.717, 1.165) is 11.1 Å². The zero-order valence-electron chi connectivity index (χ0n) is 11.4. The summed E-state index contributed by atoms with van der Waals surface area (Å²) in [7, 11) is 0. The molecule has 1 atom stereocenters. The molecule has 0 fully saturated rings. The smallest absolute Gasteiger partial charge is 0.253 e. The van der Waals surface area contributed by atoms with E-state index in [-0.39, 0.29) is 6.61 Å². The van der Waals surface area contributed by atoms with Crippen molar-refractivity contribution in [3.8, 4) is 5.75 Å². The molecule has 0 saturated carbocycles. The third kappa shape index (κ3) is 3.32. The van der Waals surface area contributed by atoms with Crippen molar-refractivity contribution >= 4 is 0 Å². The Morgan fingerprint density at radius 1 is 1.32 bits per heavy atom. The molecule has 1 aromatic heterocycles. The summed E-state index contributed by atoms with van der Waals surface area (Å²) < 4.78 is 11.0. The molecule has 0 aliphatic rings. The highest BCUT2D eigenvalue weighted by molar-refractivity contribution is 5.38. The van der Waals surface area contributed by atoms with E-state index in [1.54, 1.807) is 6.92 Å². The first-order valence-electron chi connectivity index (χ1n) is 6.32. The Morgan fingerprint density at radius 2 is 2.05 bits per heavy atom. The van der Waals surface area contributed by atoms with Crippen molar-refractivity contribution in [2.45, 2.75) is 39.9 Å². The van der Waals surface area contributed by atoms with Gasteiger partial charge >= 0.3 is 0 Å². The summed E-state index contributed by atoms with van der Waals surface area (Å²) in [5.74, 6) is 1.67. The molecule has 2 aromatic rings. The van der Waals surface area contributed by atoms with Gasteiger partial charge in [-0.15, -0.1) is 10.2 Å². The van der Waals surface area contributed by atoms with Gasteiger partial charge in [0, 0.05) is 12.0 Å². The monoisotopic (exact) mass is 262 g/mol. The van der Waals surface area contributed by atoms with E-state index in [2.05, 4.69) is 10.2 Å². The van der Waals surface area contributed by atoms with E-state index in [1.165, 1.54) is 0 Å². The van der Waals surface area contributed by atoms with Crippen molar-refractivity contribution in [2.24, 2.45) is 0 Å². The van der Waals surface area contributed by atoms with Crippen molar-refractivity contribution in [1.82, 2.24) is 10.2 Å². The molecule has 102 valence electrons. The molecule has 0 aliphatic carbocycles. The van der Waals surface area contributed by atoms with Crippen LogP contribution in [0.1, 0.15) is 42.9 Å². The lowest BCUT2D eigenvalue weighted by atomic mass is 10.1. The SMILES string of the molecule is CCc1nnc(COc2ccc(C)cc2C(C)O)o1. The number of aliphatic hydroxyl groups is 1. The van der Waals surface area contributed by atoms with Gasteiger partial charge in [0.2, 0.25) is 5.89 Å². The number of nitrogens with zero attached hydrogens (tertiary/aromatic N) is 2. The molecule has 1 N–H and O–H groups in total. The summed E-state index contributed by atoms with van der Waals surface area (Å²) in [6.07, 6.45) is 0.125. The van der Waals surface area contributed by atoms with Gasteiger partial charge in [-0.1, -0.05) is 18.6 Å². The fourth-order valence-electron chi connectivity index (χ4n) is 1.75. The molecule has 2 rings (SSSR count). The molecule has 0 bridgehead atoms. The molecule has 0 amide bonds. The number of benzene rings is 1. The second-order valence-corrected chi connectivity index (χ2v) is 4.45. The minimum Gasteiger partial charge on any atom is -0.483 e. The minimum atomic E-state index is -0.580. The third-order valence-corrected chi connectivity index (χ3v) is 2.78. The molecular formula is C14H18N2O3. The van der Waals surface area contributed by atoms with E-state index in [9.17, 15) is 5.11 Å². The van der Waals surface area contributed by atoms with Gasteiger partial charge in [-0.2, -0.15) is 0 Å². The van der Waals surface area contributed by atoms with Gasteiger partial charge in [0.15, 0.2) is 6.61 Å². The van der Waals surface area contributed by atoms with Crippen LogP contribution in [0, 0.1) is 6.92 Å². The van der Waals surface area contributed by atoms with Crippen LogP contribution in [0.4, 0.5) is 0 Å². The van der Waals surface area contributed by atoms with E-state index in [4.69, 9.17) is 9.15 Å². The number of hydrogen-bond acceptors (Lipinski definition) is 5. The Balaban J connectivity index is 2.10. The van der Waals surface area contributed by atoms with Gasteiger partial charge in [0.25, 0.3) is 5.89 Å². The summed E-state index contributed by atoms with van der Waals surface area (Å²) in [6, 6.07) is 5.69. The van der Waals surface area contributed by atoms with Crippen molar-refractivity contribution in [3.05, 3.63) is 41.1 Å². The highest BCUT2D eigenvalue weighted by atomic mass is 16.5. The number of aromatic nitrogens is 2. The Morgan fingerprint density at radius 3 is 2.68 bits per heavy atom.